The van der Waals surface area contributed by atoms with Crippen molar-refractivity contribution in [1.82, 2.24) is 10.3 Å². The molecule has 1 aromatic rings. The van der Waals surface area contributed by atoms with E-state index in [1.54, 1.807) is 0 Å². The van der Waals surface area contributed by atoms with E-state index in [0.717, 1.165) is 50.1 Å². The van der Waals surface area contributed by atoms with Gasteiger partial charge in [-0.25, -0.2) is 5.84 Å². The molecular formula is C17H28N4O. The number of nitrogens with two attached hydrogens (primary N) is 1. The topological polar surface area (TPSA) is 61.6 Å². The molecule has 5 nitrogen and oxygen atoms in total. The van der Waals surface area contributed by atoms with Crippen molar-refractivity contribution >= 4 is 11.6 Å². The van der Waals surface area contributed by atoms with Crippen molar-refractivity contribution in [1.29, 1.82) is 0 Å². The van der Waals surface area contributed by atoms with Crippen molar-refractivity contribution in [2.45, 2.75) is 32.6 Å². The van der Waals surface area contributed by atoms with E-state index in [9.17, 15) is 4.79 Å². The van der Waals surface area contributed by atoms with Crippen molar-refractivity contribution in [3.05, 3.63) is 29.3 Å². The van der Waals surface area contributed by atoms with E-state index in [0.29, 0.717) is 0 Å². The van der Waals surface area contributed by atoms with Gasteiger partial charge < -0.3 is 9.80 Å². The number of hydrogen-bond donors (Lipinski definition) is 2. The molecule has 2 rings (SSSR count). The first-order chi connectivity index (χ1) is 10.7. The third kappa shape index (κ3) is 3.99. The maximum atomic E-state index is 12.1. The molecule has 0 bridgehead atoms. The molecule has 0 aromatic heterocycles. The van der Waals surface area contributed by atoms with E-state index >= 15 is 0 Å². The second kappa shape index (κ2) is 8.15. The lowest BCUT2D eigenvalue weighted by Crippen LogP contribution is -2.45. The Morgan fingerprint density at radius 3 is 2.59 bits per heavy atom. The summed E-state index contributed by atoms with van der Waals surface area (Å²) in [6.07, 6.45) is 4.39. The smallest absolute Gasteiger partial charge is 0.265 e. The zero-order valence-corrected chi connectivity index (χ0v) is 13.8. The molecule has 122 valence electrons. The van der Waals surface area contributed by atoms with Gasteiger partial charge in [0.05, 0.1) is 0 Å². The molecule has 0 saturated carbocycles. The van der Waals surface area contributed by atoms with E-state index in [1.807, 2.05) is 12.1 Å². The van der Waals surface area contributed by atoms with Crippen LogP contribution < -0.4 is 16.2 Å². The lowest BCUT2D eigenvalue weighted by atomic mass is 9.97. The second-order valence-corrected chi connectivity index (χ2v) is 6.02. The number of benzene rings is 1. The molecule has 5 heteroatoms. The Morgan fingerprint density at radius 1 is 1.23 bits per heavy atom. The Labute approximate surface area is 133 Å². The summed E-state index contributed by atoms with van der Waals surface area (Å²) in [6.45, 7) is 6.32. The van der Waals surface area contributed by atoms with Gasteiger partial charge in [-0.15, -0.1) is 0 Å². The SMILES string of the molecule is CCCCCc1c(C(=O)NN)cccc1N1CCN(C)CC1. The fraction of sp³-hybridized carbons (Fsp3) is 0.588. The summed E-state index contributed by atoms with van der Waals surface area (Å²) in [7, 11) is 2.15. The van der Waals surface area contributed by atoms with Crippen LogP contribution in [0.3, 0.4) is 0 Å². The van der Waals surface area contributed by atoms with Gasteiger partial charge in [0.25, 0.3) is 5.91 Å². The minimum atomic E-state index is -0.192. The monoisotopic (exact) mass is 304 g/mol. The molecule has 1 aliphatic rings. The first-order valence-corrected chi connectivity index (χ1v) is 8.23. The van der Waals surface area contributed by atoms with E-state index < -0.39 is 0 Å². The van der Waals surface area contributed by atoms with Crippen LogP contribution in [-0.2, 0) is 6.42 Å². The molecular weight excluding hydrogens is 276 g/mol. The molecule has 1 heterocycles. The van der Waals surface area contributed by atoms with Crippen LogP contribution in [0.1, 0.15) is 42.1 Å². The summed E-state index contributed by atoms with van der Waals surface area (Å²) in [5.74, 6) is 5.16. The maximum absolute atomic E-state index is 12.1. The van der Waals surface area contributed by atoms with E-state index in [1.165, 1.54) is 18.5 Å². The minimum absolute atomic E-state index is 0.192. The number of nitrogen functional groups attached to an aromatic ring is 1. The maximum Gasteiger partial charge on any atom is 0.265 e. The number of rotatable bonds is 6. The van der Waals surface area contributed by atoms with Crippen molar-refractivity contribution in [3.63, 3.8) is 0 Å². The van der Waals surface area contributed by atoms with Gasteiger partial charge in [-0.1, -0.05) is 25.8 Å². The standard InChI is InChI=1S/C17H28N4O/c1-3-4-5-7-14-15(17(22)19-18)8-6-9-16(14)21-12-10-20(2)11-13-21/h6,8-9H,3-5,7,10-13,18H2,1-2H3,(H,19,22). The molecule has 22 heavy (non-hydrogen) atoms. The van der Waals surface area contributed by atoms with Gasteiger partial charge in [-0.3, -0.25) is 10.2 Å². The van der Waals surface area contributed by atoms with Gasteiger partial charge in [0, 0.05) is 37.4 Å². The lowest BCUT2D eigenvalue weighted by Gasteiger charge is -2.35. The highest BCUT2D eigenvalue weighted by Crippen LogP contribution is 2.27. The number of anilines is 1. The zero-order valence-electron chi connectivity index (χ0n) is 13.8. The van der Waals surface area contributed by atoms with Gasteiger partial charge in [-0.05, 0) is 37.6 Å². The minimum Gasteiger partial charge on any atom is -0.369 e. The highest BCUT2D eigenvalue weighted by molar-refractivity contribution is 5.96. The van der Waals surface area contributed by atoms with Crippen LogP contribution >= 0.6 is 0 Å². The Kier molecular flexibility index (Phi) is 6.21. The molecule has 1 amide bonds. The van der Waals surface area contributed by atoms with Crippen LogP contribution in [0.15, 0.2) is 18.2 Å². The van der Waals surface area contributed by atoms with Gasteiger partial charge in [-0.2, -0.15) is 0 Å². The number of hydrogen-bond acceptors (Lipinski definition) is 4. The first kappa shape index (κ1) is 16.8. The summed E-state index contributed by atoms with van der Waals surface area (Å²) in [5, 5.41) is 0. The Morgan fingerprint density at radius 2 is 1.95 bits per heavy atom. The second-order valence-electron chi connectivity index (χ2n) is 6.02. The summed E-state index contributed by atoms with van der Waals surface area (Å²) >= 11 is 0. The summed E-state index contributed by atoms with van der Waals surface area (Å²) in [4.78, 5) is 16.8. The van der Waals surface area contributed by atoms with E-state index in [-0.39, 0.29) is 5.91 Å². The number of nitrogens with zero attached hydrogens (tertiary/aromatic N) is 2. The van der Waals surface area contributed by atoms with Crippen molar-refractivity contribution in [2.24, 2.45) is 5.84 Å². The molecule has 0 spiro atoms. The first-order valence-electron chi connectivity index (χ1n) is 8.23. The van der Waals surface area contributed by atoms with Crippen LogP contribution in [0.25, 0.3) is 0 Å². The molecule has 0 unspecified atom stereocenters. The molecule has 1 aliphatic heterocycles. The molecule has 1 saturated heterocycles. The zero-order chi connectivity index (χ0) is 15.9. The number of hydrazine groups is 1. The number of unbranched alkanes of at least 4 members (excludes halogenated alkanes) is 2. The highest BCUT2D eigenvalue weighted by Gasteiger charge is 2.20. The Balaban J connectivity index is 2.28. The highest BCUT2D eigenvalue weighted by atomic mass is 16.2. The largest absolute Gasteiger partial charge is 0.369 e. The van der Waals surface area contributed by atoms with Crippen LogP contribution in [-0.4, -0.2) is 44.0 Å². The summed E-state index contributed by atoms with van der Waals surface area (Å²) in [6, 6.07) is 5.98. The van der Waals surface area contributed by atoms with Crippen molar-refractivity contribution in [3.8, 4) is 0 Å². The Hall–Kier alpha value is -1.59. The number of carbonyl (C=O) groups is 1. The van der Waals surface area contributed by atoms with Gasteiger partial charge in [0.2, 0.25) is 0 Å². The van der Waals surface area contributed by atoms with E-state index in [2.05, 4.69) is 35.3 Å². The number of likely N-dealkylation sites (N-methyl/N-ethyl adjacent to an activating group) is 1. The number of carbonyl (C=O) groups excluding carboxylic acids is 1. The van der Waals surface area contributed by atoms with E-state index in [4.69, 9.17) is 5.84 Å². The van der Waals surface area contributed by atoms with Gasteiger partial charge >= 0.3 is 0 Å². The van der Waals surface area contributed by atoms with Crippen LogP contribution in [0.4, 0.5) is 5.69 Å². The number of piperazine rings is 1. The predicted octanol–water partition coefficient (Wildman–Crippen LogP) is 1.77. The van der Waals surface area contributed by atoms with Crippen molar-refractivity contribution < 1.29 is 4.79 Å². The Bertz CT molecular complexity index is 495. The normalized spacial score (nSPS) is 15.9. The predicted molar refractivity (Wildman–Crippen MR) is 91.0 cm³/mol. The fourth-order valence-corrected chi connectivity index (χ4v) is 3.02. The van der Waals surface area contributed by atoms with Crippen LogP contribution in [0.5, 0.6) is 0 Å². The average molecular weight is 304 g/mol. The lowest BCUT2D eigenvalue weighted by molar-refractivity contribution is 0.0952. The van der Waals surface area contributed by atoms with Crippen molar-refractivity contribution in [2.75, 3.05) is 38.1 Å². The molecule has 0 aliphatic carbocycles. The molecule has 1 aromatic carbocycles. The van der Waals surface area contributed by atoms with Gasteiger partial charge in [0.1, 0.15) is 0 Å². The molecule has 0 radical (unpaired) electrons. The summed E-state index contributed by atoms with van der Waals surface area (Å²) in [5.41, 5.74) is 5.34. The average Bonchev–Trinajstić information content (AvgIpc) is 2.55. The number of amides is 1. The van der Waals surface area contributed by atoms with Crippen LogP contribution in [0.2, 0.25) is 0 Å². The third-order valence-electron chi connectivity index (χ3n) is 4.40. The number of nitrogens with one attached hydrogen (secondary N) is 1. The third-order valence-corrected chi connectivity index (χ3v) is 4.40. The fourth-order valence-electron chi connectivity index (χ4n) is 3.02. The quantitative estimate of drug-likeness (QED) is 0.364. The molecule has 0 atom stereocenters. The molecule has 3 N–H and O–H groups in total. The molecule has 1 fully saturated rings. The summed E-state index contributed by atoms with van der Waals surface area (Å²) < 4.78 is 0. The van der Waals surface area contributed by atoms with Crippen LogP contribution in [0, 0.1) is 0 Å². The van der Waals surface area contributed by atoms with Gasteiger partial charge in [0.15, 0.2) is 0 Å².